The molecule has 0 bridgehead atoms. The standard InChI is InChI=1S/C15H18N2O2S4/c1-9(10-8-22-13(23-10)12-20-6-7-21-12)11-16(18)14(2,3)15(4,5)17(11)19/h6-8,13H,1H2,2-5H3. The highest BCUT2D eigenvalue weighted by molar-refractivity contribution is 8.22. The fourth-order valence-corrected chi connectivity index (χ4v) is 7.26. The molecule has 0 amide bonds. The van der Waals surface area contributed by atoms with Crippen molar-refractivity contribution in [3.05, 3.63) is 47.8 Å². The molecule has 1 aromatic rings. The van der Waals surface area contributed by atoms with Crippen molar-refractivity contribution in [1.29, 1.82) is 0 Å². The zero-order valence-corrected chi connectivity index (χ0v) is 16.6. The molecule has 1 aromatic heterocycles. The largest absolute Gasteiger partial charge is 0.715 e. The summed E-state index contributed by atoms with van der Waals surface area (Å²) in [5.41, 5.74) is -1.09. The van der Waals surface area contributed by atoms with Crippen LogP contribution in [0.25, 0.3) is 0 Å². The van der Waals surface area contributed by atoms with Crippen molar-refractivity contribution in [2.24, 2.45) is 0 Å². The molecule has 1 atom stereocenters. The van der Waals surface area contributed by atoms with E-state index in [1.807, 2.05) is 5.41 Å². The van der Waals surface area contributed by atoms with Gasteiger partial charge in [0.1, 0.15) is 26.4 Å². The van der Waals surface area contributed by atoms with Crippen LogP contribution in [0, 0.1) is 10.4 Å². The summed E-state index contributed by atoms with van der Waals surface area (Å²) in [5.74, 6) is 0.134. The van der Waals surface area contributed by atoms with E-state index in [4.69, 9.17) is 0 Å². The van der Waals surface area contributed by atoms with E-state index in [1.165, 1.54) is 4.19 Å². The number of thioether (sulfide) groups is 2. The predicted octanol–water partition coefficient (Wildman–Crippen LogP) is 5.25. The van der Waals surface area contributed by atoms with E-state index < -0.39 is 11.1 Å². The fraction of sp³-hybridized carbons (Fsp3) is 0.467. The summed E-state index contributed by atoms with van der Waals surface area (Å²) in [7, 11) is 0. The van der Waals surface area contributed by atoms with Crippen LogP contribution in [0.5, 0.6) is 0 Å². The molecule has 4 nitrogen and oxygen atoms in total. The molecule has 124 valence electrons. The second kappa shape index (κ2) is 5.77. The van der Waals surface area contributed by atoms with Gasteiger partial charge in [-0.2, -0.15) is 0 Å². The average molecular weight is 387 g/mol. The lowest BCUT2D eigenvalue weighted by Gasteiger charge is -2.39. The Bertz CT molecular complexity index is 707. The van der Waals surface area contributed by atoms with E-state index in [0.29, 0.717) is 5.57 Å². The SMILES string of the molecule is C=C(C1=CSC(c2scc[s+]2)S1)C1=[N+]([O-])C(C)(C)C(C)(C)N1[O-]. The summed E-state index contributed by atoms with van der Waals surface area (Å²) in [4.78, 5) is 0.908. The van der Waals surface area contributed by atoms with Crippen LogP contribution < -0.4 is 0 Å². The van der Waals surface area contributed by atoms with Gasteiger partial charge in [-0.1, -0.05) is 18.3 Å². The first kappa shape index (κ1) is 17.3. The van der Waals surface area contributed by atoms with Crippen LogP contribution in [-0.4, -0.2) is 26.7 Å². The second-order valence-corrected chi connectivity index (χ2v) is 11.0. The molecule has 2 aliphatic heterocycles. The Labute approximate surface area is 152 Å². The van der Waals surface area contributed by atoms with Gasteiger partial charge in [0, 0.05) is 4.91 Å². The van der Waals surface area contributed by atoms with Crippen molar-refractivity contribution < 1.29 is 4.74 Å². The maximum atomic E-state index is 12.7. The Morgan fingerprint density at radius 1 is 1.39 bits per heavy atom. The minimum Gasteiger partial charge on any atom is -0.715 e. The monoisotopic (exact) mass is 386 g/mol. The maximum absolute atomic E-state index is 12.7. The van der Waals surface area contributed by atoms with Crippen LogP contribution in [0.4, 0.5) is 0 Å². The van der Waals surface area contributed by atoms with E-state index >= 15 is 0 Å². The van der Waals surface area contributed by atoms with Crippen molar-refractivity contribution in [3.8, 4) is 0 Å². The van der Waals surface area contributed by atoms with Gasteiger partial charge in [0.25, 0.3) is 10.0 Å². The predicted molar refractivity (Wildman–Crippen MR) is 104 cm³/mol. The third-order valence-corrected chi connectivity index (χ3v) is 10.1. The van der Waals surface area contributed by atoms with Crippen LogP contribution in [0.2, 0.25) is 0 Å². The Balaban J connectivity index is 1.86. The van der Waals surface area contributed by atoms with Crippen molar-refractivity contribution in [1.82, 2.24) is 5.06 Å². The van der Waals surface area contributed by atoms with Gasteiger partial charge in [0.2, 0.25) is 0 Å². The van der Waals surface area contributed by atoms with E-state index in [0.717, 1.165) is 14.7 Å². The maximum Gasteiger partial charge on any atom is 0.279 e. The Kier molecular flexibility index (Phi) is 4.34. The van der Waals surface area contributed by atoms with Crippen LogP contribution in [-0.2, 0) is 0 Å². The van der Waals surface area contributed by atoms with Gasteiger partial charge in [-0.3, -0.25) is 9.80 Å². The van der Waals surface area contributed by atoms with Crippen molar-refractivity contribution in [2.75, 3.05) is 0 Å². The number of nitrogens with zero attached hydrogens (tertiary/aromatic N) is 2. The molecule has 0 radical (unpaired) electrons. The molecule has 0 N–H and O–H groups in total. The number of hydroxylamine groups is 3. The lowest BCUT2D eigenvalue weighted by Crippen LogP contribution is -2.52. The van der Waals surface area contributed by atoms with Crippen molar-refractivity contribution in [3.63, 3.8) is 0 Å². The molecule has 1 unspecified atom stereocenters. The molecular formula is C15H18N2O2S4. The molecule has 2 aliphatic rings. The lowest BCUT2D eigenvalue weighted by molar-refractivity contribution is -0.539. The highest BCUT2D eigenvalue weighted by Gasteiger charge is 2.55. The van der Waals surface area contributed by atoms with Gasteiger partial charge in [-0.15, -0.1) is 11.8 Å². The molecule has 0 saturated carbocycles. The lowest BCUT2D eigenvalue weighted by atomic mass is 9.84. The first-order chi connectivity index (χ1) is 10.7. The number of rotatable bonds is 3. The summed E-state index contributed by atoms with van der Waals surface area (Å²) in [5, 5.41) is 32.4. The van der Waals surface area contributed by atoms with Gasteiger partial charge < -0.3 is 10.4 Å². The topological polar surface area (TPSA) is 52.4 Å². The molecule has 3 rings (SSSR count). The van der Waals surface area contributed by atoms with Gasteiger partial charge in [-0.25, -0.2) is 0 Å². The summed E-state index contributed by atoms with van der Waals surface area (Å²) in [6, 6.07) is 0. The molecule has 8 heteroatoms. The van der Waals surface area contributed by atoms with Crippen LogP contribution >= 0.6 is 46.2 Å². The minimum atomic E-state index is -0.806. The Morgan fingerprint density at radius 3 is 2.61 bits per heavy atom. The van der Waals surface area contributed by atoms with Crippen LogP contribution in [0.15, 0.2) is 33.2 Å². The molecule has 0 fully saturated rings. The number of hydrogen-bond donors (Lipinski definition) is 0. The van der Waals surface area contributed by atoms with E-state index in [-0.39, 0.29) is 10.4 Å². The van der Waals surface area contributed by atoms with Gasteiger partial charge in [0.05, 0.1) is 28.2 Å². The molecule has 3 heterocycles. The fourth-order valence-electron chi connectivity index (χ4n) is 2.33. The van der Waals surface area contributed by atoms with Crippen molar-refractivity contribution >= 4 is 52.0 Å². The van der Waals surface area contributed by atoms with Crippen LogP contribution in [0.3, 0.4) is 0 Å². The van der Waals surface area contributed by atoms with Crippen LogP contribution in [0.1, 0.15) is 36.5 Å². The first-order valence-electron chi connectivity index (χ1n) is 7.06. The summed E-state index contributed by atoms with van der Waals surface area (Å²) < 4.78 is 2.43. The minimum absolute atomic E-state index is 0.134. The number of amidine groups is 1. The number of hydrogen-bond acceptors (Lipinski definition) is 6. The Morgan fingerprint density at radius 2 is 2.09 bits per heavy atom. The average Bonchev–Trinajstić information content (AvgIpc) is 3.18. The first-order valence-corrected chi connectivity index (χ1v) is 10.6. The highest BCUT2D eigenvalue weighted by atomic mass is 32.2. The highest BCUT2D eigenvalue weighted by Crippen LogP contribution is 2.55. The molecular weight excluding hydrogens is 368 g/mol. The summed E-state index contributed by atoms with van der Waals surface area (Å²) >= 11 is 6.82. The third-order valence-electron chi connectivity index (χ3n) is 4.61. The van der Waals surface area contributed by atoms with Gasteiger partial charge >= 0.3 is 0 Å². The van der Waals surface area contributed by atoms with Crippen molar-refractivity contribution in [2.45, 2.75) is 43.4 Å². The zero-order chi connectivity index (χ0) is 17.0. The molecule has 0 aromatic carbocycles. The van der Waals surface area contributed by atoms with E-state index in [2.05, 4.69) is 17.3 Å². The molecule has 23 heavy (non-hydrogen) atoms. The second-order valence-electron chi connectivity index (χ2n) is 6.40. The summed E-state index contributed by atoms with van der Waals surface area (Å²) in [6.45, 7) is 11.2. The molecule has 0 saturated heterocycles. The molecule has 0 aliphatic carbocycles. The normalized spacial score (nSPS) is 25.9. The quantitative estimate of drug-likeness (QED) is 0.404. The molecule has 0 spiro atoms. The Hall–Kier alpha value is -0.540. The van der Waals surface area contributed by atoms with E-state index in [1.54, 1.807) is 73.9 Å². The smallest absolute Gasteiger partial charge is 0.279 e. The summed E-state index contributed by atoms with van der Waals surface area (Å²) in [6.07, 6.45) is 0. The van der Waals surface area contributed by atoms with Gasteiger partial charge in [-0.05, 0) is 33.1 Å². The third kappa shape index (κ3) is 2.55. The van der Waals surface area contributed by atoms with Gasteiger partial charge in [0.15, 0.2) is 0 Å². The van der Waals surface area contributed by atoms with E-state index in [9.17, 15) is 10.4 Å². The zero-order valence-electron chi connectivity index (χ0n) is 13.4.